The lowest BCUT2D eigenvalue weighted by Gasteiger charge is -2.54. The molecule has 2 aromatic carbocycles. The molecule has 2 aromatic rings. The number of Topliss-reactive ketones (excluding diaryl/α,β-unsaturated/α-hetero) is 4. The normalized spacial score (nSPS) is 33.0. The van der Waals surface area contributed by atoms with Crippen molar-refractivity contribution in [3.63, 3.8) is 0 Å². The zero-order valence-corrected chi connectivity index (χ0v) is 44.0. The fraction of sp³-hybridized carbons (Fsp3) is 0.705. The van der Waals surface area contributed by atoms with Crippen molar-refractivity contribution in [2.24, 2.45) is 46.3 Å². The second-order valence-corrected chi connectivity index (χ2v) is 24.6. The van der Waals surface area contributed by atoms with Gasteiger partial charge in [-0.05, 0) is 185 Å². The summed E-state index contributed by atoms with van der Waals surface area (Å²) in [6.07, 6.45) is 15.9. The van der Waals surface area contributed by atoms with Gasteiger partial charge in [-0.2, -0.15) is 0 Å². The first-order valence-corrected chi connectivity index (χ1v) is 27.5. The monoisotopic (exact) mass is 945 g/mol. The Hall–Kier alpha value is -3.94. The van der Waals surface area contributed by atoms with Crippen LogP contribution in [0.2, 0.25) is 0 Å². The van der Waals surface area contributed by atoms with Gasteiger partial charge in [-0.1, -0.05) is 92.2 Å². The lowest BCUT2D eigenvalue weighted by Crippen LogP contribution is -2.53. The van der Waals surface area contributed by atoms with E-state index < -0.39 is 10.8 Å². The molecule has 6 aliphatic rings. The number of carbonyl (C=O) groups excluding carboxylic acids is 6. The van der Waals surface area contributed by atoms with Gasteiger partial charge in [0.25, 0.3) is 0 Å². The summed E-state index contributed by atoms with van der Waals surface area (Å²) in [7, 11) is 0. The minimum absolute atomic E-state index is 0.0427. The molecule has 0 bridgehead atoms. The number of hydrogen-bond acceptors (Lipinski definition) is 8. The summed E-state index contributed by atoms with van der Waals surface area (Å²) in [6, 6.07) is 8.92. The van der Waals surface area contributed by atoms with Gasteiger partial charge in [-0.25, -0.2) is 0 Å². The highest BCUT2D eigenvalue weighted by Gasteiger charge is 2.58. The van der Waals surface area contributed by atoms with Gasteiger partial charge in [-0.3, -0.25) is 28.8 Å². The Balaban J connectivity index is 0.931. The van der Waals surface area contributed by atoms with Crippen LogP contribution in [0.15, 0.2) is 24.3 Å². The predicted molar refractivity (Wildman–Crippen MR) is 271 cm³/mol. The highest BCUT2D eigenvalue weighted by atomic mass is 16.5. The fourth-order valence-corrected chi connectivity index (χ4v) is 15.9. The highest BCUT2D eigenvalue weighted by Crippen LogP contribution is 2.60. The van der Waals surface area contributed by atoms with E-state index in [9.17, 15) is 28.8 Å². The van der Waals surface area contributed by atoms with Crippen molar-refractivity contribution in [3.05, 3.63) is 68.8 Å². The summed E-state index contributed by atoms with van der Waals surface area (Å²) < 4.78 is 12.3. The highest BCUT2D eigenvalue weighted by molar-refractivity contribution is 6.03. The van der Waals surface area contributed by atoms with Gasteiger partial charge in [0.05, 0.1) is 24.0 Å². The van der Waals surface area contributed by atoms with Crippen molar-refractivity contribution in [2.75, 3.05) is 13.2 Å². The van der Waals surface area contributed by atoms with Crippen LogP contribution in [0, 0.1) is 46.3 Å². The number of aryl methyl sites for hydroxylation is 2. The average Bonchev–Trinajstić information content (AvgIpc) is 3.32. The van der Waals surface area contributed by atoms with Crippen molar-refractivity contribution in [1.29, 1.82) is 0 Å². The van der Waals surface area contributed by atoms with Crippen LogP contribution in [0.25, 0.3) is 0 Å². The molecule has 0 N–H and O–H groups in total. The first-order chi connectivity index (χ1) is 32.7. The standard InChI is InChI=1S/C61H84O8/c1-36(2)46-32-40-22-24-52-58(7,50(40)34-48(46)54(64)44-20-13-11-18-42(44)38(5)62)26-15-28-60(52,9)56(66)68-30-17-31-69-57(67)61(10)29-16-27-59(8)51-35-49(47(37(3)4)33-41(51)23-25-53(59)61)55(65)45-21-14-12-19-43(45)39(6)63/h32-37,42-45,52-53H,11-31H2,1-10H3. The maximum absolute atomic E-state index is 14.5. The van der Waals surface area contributed by atoms with Gasteiger partial charge >= 0.3 is 11.9 Å². The third-order valence-electron chi connectivity index (χ3n) is 19.8. The number of fused-ring (bicyclic) bond motifs is 6. The SMILES string of the molecule is CC(=O)C1CCCCC1C(=O)c1cc2c(cc1C(C)C)CCC1C(C)(C(=O)OCCCOC(=O)C3(C)CCCC4(C)c5cc(C(=O)C6CCCCC6C(C)=O)c(C(C)C)cc5CCC34)CCCC21C. The zero-order valence-electron chi connectivity index (χ0n) is 44.0. The van der Waals surface area contributed by atoms with E-state index >= 15 is 0 Å². The fourth-order valence-electron chi connectivity index (χ4n) is 15.9. The molecule has 6 aliphatic carbocycles. The summed E-state index contributed by atoms with van der Waals surface area (Å²) in [4.78, 5) is 83.3. The molecule has 0 heterocycles. The van der Waals surface area contributed by atoms with Crippen LogP contribution in [-0.4, -0.2) is 48.3 Å². The van der Waals surface area contributed by atoms with Crippen LogP contribution in [0.5, 0.6) is 0 Å². The largest absolute Gasteiger partial charge is 0.465 e. The molecule has 4 fully saturated rings. The minimum Gasteiger partial charge on any atom is -0.465 e. The lowest BCUT2D eigenvalue weighted by atomic mass is 9.49. The number of benzene rings is 2. The van der Waals surface area contributed by atoms with E-state index in [1.54, 1.807) is 13.8 Å². The molecule has 8 nitrogen and oxygen atoms in total. The van der Waals surface area contributed by atoms with E-state index in [2.05, 4.69) is 79.7 Å². The van der Waals surface area contributed by atoms with Crippen molar-refractivity contribution in [2.45, 2.75) is 214 Å². The van der Waals surface area contributed by atoms with Crippen molar-refractivity contribution < 1.29 is 38.2 Å². The number of carbonyl (C=O) groups is 6. The first kappa shape index (κ1) is 51.4. The molecule has 0 radical (unpaired) electrons. The summed E-state index contributed by atoms with van der Waals surface area (Å²) in [5.41, 5.74) is 6.62. The average molecular weight is 945 g/mol. The Kier molecular flexibility index (Phi) is 14.9. The van der Waals surface area contributed by atoms with E-state index in [4.69, 9.17) is 9.47 Å². The molecule has 376 valence electrons. The smallest absolute Gasteiger partial charge is 0.312 e. The third-order valence-corrected chi connectivity index (χ3v) is 19.8. The minimum atomic E-state index is -0.700. The summed E-state index contributed by atoms with van der Waals surface area (Å²) in [6.45, 7) is 21.0. The Morgan fingerprint density at radius 1 is 0.507 bits per heavy atom. The van der Waals surface area contributed by atoms with E-state index in [1.165, 1.54) is 22.3 Å². The maximum atomic E-state index is 14.5. The molecule has 69 heavy (non-hydrogen) atoms. The summed E-state index contributed by atoms with van der Waals surface area (Å²) >= 11 is 0. The van der Waals surface area contributed by atoms with E-state index in [0.29, 0.717) is 6.42 Å². The number of hydrogen-bond donors (Lipinski definition) is 0. The second kappa shape index (κ2) is 19.9. The quantitative estimate of drug-likeness (QED) is 0.104. The van der Waals surface area contributed by atoms with Crippen LogP contribution in [0.4, 0.5) is 0 Å². The number of ketones is 4. The molecule has 0 aromatic heterocycles. The van der Waals surface area contributed by atoms with E-state index in [1.807, 2.05) is 0 Å². The molecule has 10 unspecified atom stereocenters. The van der Waals surface area contributed by atoms with Crippen LogP contribution in [-0.2, 0) is 52.3 Å². The maximum Gasteiger partial charge on any atom is 0.312 e. The molecule has 0 aliphatic heterocycles. The predicted octanol–water partition coefficient (Wildman–Crippen LogP) is 13.3. The molecule has 0 amide bonds. The van der Waals surface area contributed by atoms with E-state index in [0.717, 1.165) is 138 Å². The molecular formula is C61H84O8. The van der Waals surface area contributed by atoms with Crippen molar-refractivity contribution >= 4 is 35.1 Å². The summed E-state index contributed by atoms with van der Waals surface area (Å²) in [5.74, 6) is -0.488. The Morgan fingerprint density at radius 2 is 0.870 bits per heavy atom. The van der Waals surface area contributed by atoms with Crippen LogP contribution < -0.4 is 0 Å². The van der Waals surface area contributed by atoms with Gasteiger partial charge < -0.3 is 9.47 Å². The number of ether oxygens (including phenoxy) is 2. The van der Waals surface area contributed by atoms with E-state index in [-0.39, 0.29) is 106 Å². The molecule has 0 spiro atoms. The van der Waals surface area contributed by atoms with Gasteiger partial charge in [0.1, 0.15) is 11.6 Å². The molecule has 0 saturated heterocycles. The van der Waals surface area contributed by atoms with Crippen LogP contribution >= 0.6 is 0 Å². The summed E-state index contributed by atoms with van der Waals surface area (Å²) in [5, 5.41) is 0. The van der Waals surface area contributed by atoms with Crippen LogP contribution in [0.1, 0.15) is 244 Å². The Bertz CT molecular complexity index is 2190. The number of rotatable bonds is 14. The van der Waals surface area contributed by atoms with Gasteiger partial charge in [0.2, 0.25) is 0 Å². The van der Waals surface area contributed by atoms with Crippen molar-refractivity contribution in [1.82, 2.24) is 0 Å². The molecule has 4 saturated carbocycles. The molecule has 10 atom stereocenters. The molecule has 8 heteroatoms. The number of esters is 2. The Labute approximate surface area is 414 Å². The zero-order chi connectivity index (χ0) is 49.8. The van der Waals surface area contributed by atoms with Crippen molar-refractivity contribution in [3.8, 4) is 0 Å². The molecule has 8 rings (SSSR count). The second-order valence-electron chi connectivity index (χ2n) is 24.6. The molecular weight excluding hydrogens is 861 g/mol. The van der Waals surface area contributed by atoms with Crippen LogP contribution in [0.3, 0.4) is 0 Å². The first-order valence-electron chi connectivity index (χ1n) is 27.5. The Morgan fingerprint density at radius 3 is 1.22 bits per heavy atom. The van der Waals surface area contributed by atoms with Gasteiger partial charge in [-0.15, -0.1) is 0 Å². The lowest BCUT2D eigenvalue weighted by molar-refractivity contribution is -0.167. The third kappa shape index (κ3) is 9.17. The topological polar surface area (TPSA) is 121 Å². The van der Waals surface area contributed by atoms with Gasteiger partial charge in [0.15, 0.2) is 11.6 Å². The van der Waals surface area contributed by atoms with Gasteiger partial charge in [0, 0.05) is 41.2 Å².